The maximum Gasteiger partial charge on any atom is 0.333 e. The number of hydrogen-bond acceptors (Lipinski definition) is 6. The zero-order chi connectivity index (χ0) is 25.2. The summed E-state index contributed by atoms with van der Waals surface area (Å²) in [6.07, 6.45) is 4.26. The van der Waals surface area contributed by atoms with Gasteiger partial charge in [0.25, 0.3) is 5.56 Å². The monoisotopic (exact) mass is 482 g/mol. The van der Waals surface area contributed by atoms with E-state index in [1.165, 1.54) is 4.57 Å². The Bertz CT molecular complexity index is 1310. The fourth-order valence-electron chi connectivity index (χ4n) is 4.61. The van der Waals surface area contributed by atoms with Crippen molar-refractivity contribution in [2.45, 2.75) is 78.6 Å². The molecule has 1 aliphatic rings. The van der Waals surface area contributed by atoms with E-state index < -0.39 is 16.7 Å². The summed E-state index contributed by atoms with van der Waals surface area (Å²) in [6.45, 7) is 5.38. The second-order valence-electron chi connectivity index (χ2n) is 10.3. The normalized spacial score (nSPS) is 14.6. The van der Waals surface area contributed by atoms with Crippen molar-refractivity contribution in [3.63, 3.8) is 0 Å². The fraction of sp³-hybridized carbons (Fsp3) is 0.538. The number of hydrogen-bond donors (Lipinski definition) is 1. The van der Waals surface area contributed by atoms with Gasteiger partial charge in [0, 0.05) is 19.1 Å². The van der Waals surface area contributed by atoms with E-state index in [1.807, 2.05) is 30.3 Å². The van der Waals surface area contributed by atoms with Crippen LogP contribution < -0.4 is 11.2 Å². The van der Waals surface area contributed by atoms with Gasteiger partial charge in [0.15, 0.2) is 17.9 Å². The average Bonchev–Trinajstić information content (AvgIpc) is 3.48. The lowest BCUT2D eigenvalue weighted by Gasteiger charge is -2.19. The van der Waals surface area contributed by atoms with Gasteiger partial charge in [0.1, 0.15) is 5.82 Å². The number of fused-ring (bicyclic) bond motifs is 1. The standard InChI is InChI=1S/C26H34N4O5/c1-26(2,3)24(33)35-17-30-20-22(27-21(30)19-12-7-8-13-19)29(16-18-10-5-4-6-11-18)25(34)28(23(20)32)14-9-15-31/h4-6,10-11,19,31H,7-9,12-17H2,1-3H3. The van der Waals surface area contributed by atoms with E-state index in [0.29, 0.717) is 11.5 Å². The lowest BCUT2D eigenvalue weighted by Crippen LogP contribution is -2.41. The van der Waals surface area contributed by atoms with Crippen LogP contribution in [0.1, 0.15) is 70.2 Å². The summed E-state index contributed by atoms with van der Waals surface area (Å²) in [5, 5.41) is 9.35. The highest BCUT2D eigenvalue weighted by Crippen LogP contribution is 2.35. The van der Waals surface area contributed by atoms with Crippen molar-refractivity contribution in [1.29, 1.82) is 0 Å². The number of esters is 1. The molecular formula is C26H34N4O5. The van der Waals surface area contributed by atoms with Crippen molar-refractivity contribution in [3.05, 3.63) is 62.6 Å². The van der Waals surface area contributed by atoms with Crippen molar-refractivity contribution < 1.29 is 14.6 Å². The van der Waals surface area contributed by atoms with Crippen molar-refractivity contribution >= 4 is 17.1 Å². The van der Waals surface area contributed by atoms with Gasteiger partial charge >= 0.3 is 11.7 Å². The molecule has 0 aliphatic heterocycles. The van der Waals surface area contributed by atoms with Crippen LogP contribution in [0.5, 0.6) is 0 Å². The van der Waals surface area contributed by atoms with Gasteiger partial charge < -0.3 is 9.84 Å². The first-order valence-corrected chi connectivity index (χ1v) is 12.3. The van der Waals surface area contributed by atoms with Crippen molar-refractivity contribution in [2.24, 2.45) is 5.41 Å². The van der Waals surface area contributed by atoms with Gasteiger partial charge in [0.2, 0.25) is 0 Å². The lowest BCUT2D eigenvalue weighted by atomic mass is 9.98. The van der Waals surface area contributed by atoms with Crippen LogP contribution in [0.2, 0.25) is 0 Å². The Balaban J connectivity index is 1.93. The zero-order valence-corrected chi connectivity index (χ0v) is 20.7. The number of nitrogens with zero attached hydrogens (tertiary/aromatic N) is 4. The molecule has 1 aromatic carbocycles. The number of carbonyl (C=O) groups is 1. The minimum Gasteiger partial charge on any atom is -0.443 e. The van der Waals surface area contributed by atoms with E-state index in [0.717, 1.165) is 35.8 Å². The number of aromatic nitrogens is 4. The summed E-state index contributed by atoms with van der Waals surface area (Å²) >= 11 is 0. The Hall–Kier alpha value is -3.20. The number of ether oxygens (including phenoxy) is 1. The van der Waals surface area contributed by atoms with Crippen LogP contribution in [0.25, 0.3) is 11.2 Å². The predicted octanol–water partition coefficient (Wildman–Crippen LogP) is 2.99. The van der Waals surface area contributed by atoms with Gasteiger partial charge in [-0.2, -0.15) is 0 Å². The number of benzene rings is 1. The zero-order valence-electron chi connectivity index (χ0n) is 20.7. The van der Waals surface area contributed by atoms with E-state index in [2.05, 4.69) is 0 Å². The second kappa shape index (κ2) is 10.2. The summed E-state index contributed by atoms with van der Waals surface area (Å²) in [7, 11) is 0. The second-order valence-corrected chi connectivity index (χ2v) is 10.3. The van der Waals surface area contributed by atoms with E-state index in [1.54, 1.807) is 25.3 Å². The van der Waals surface area contributed by atoms with Crippen LogP contribution in [0.3, 0.4) is 0 Å². The molecule has 1 N–H and O–H groups in total. The van der Waals surface area contributed by atoms with Crippen molar-refractivity contribution in [1.82, 2.24) is 18.7 Å². The van der Waals surface area contributed by atoms with Crippen LogP contribution >= 0.6 is 0 Å². The molecule has 0 atom stereocenters. The third kappa shape index (κ3) is 5.10. The van der Waals surface area contributed by atoms with E-state index in [9.17, 15) is 19.5 Å². The third-order valence-electron chi connectivity index (χ3n) is 6.52. The van der Waals surface area contributed by atoms with Gasteiger partial charge in [-0.15, -0.1) is 0 Å². The van der Waals surface area contributed by atoms with E-state index in [4.69, 9.17) is 9.72 Å². The fourth-order valence-corrected chi connectivity index (χ4v) is 4.61. The molecule has 1 fully saturated rings. The molecule has 1 saturated carbocycles. The Morgan fingerprint density at radius 2 is 1.77 bits per heavy atom. The molecule has 35 heavy (non-hydrogen) atoms. The summed E-state index contributed by atoms with van der Waals surface area (Å²) in [6, 6.07) is 9.53. The molecule has 3 aromatic rings. The Kier molecular flexibility index (Phi) is 7.25. The van der Waals surface area contributed by atoms with Gasteiger partial charge in [-0.25, -0.2) is 9.78 Å². The molecule has 9 nitrogen and oxygen atoms in total. The molecule has 9 heteroatoms. The summed E-state index contributed by atoms with van der Waals surface area (Å²) in [5.74, 6) is 0.425. The Morgan fingerprint density at radius 3 is 2.40 bits per heavy atom. The van der Waals surface area contributed by atoms with Gasteiger partial charge in [0.05, 0.1) is 12.0 Å². The topological polar surface area (TPSA) is 108 Å². The molecule has 0 saturated heterocycles. The Morgan fingerprint density at radius 1 is 1.09 bits per heavy atom. The minimum absolute atomic E-state index is 0.0879. The number of imidazole rings is 1. The molecule has 4 rings (SSSR count). The number of aliphatic hydroxyl groups is 1. The summed E-state index contributed by atoms with van der Waals surface area (Å²) in [4.78, 5) is 44.5. The van der Waals surface area contributed by atoms with Crippen LogP contribution in [-0.2, 0) is 29.4 Å². The lowest BCUT2D eigenvalue weighted by molar-refractivity contribution is -0.156. The molecule has 0 amide bonds. The maximum absolute atomic E-state index is 13.6. The Labute approximate surface area is 204 Å². The highest BCUT2D eigenvalue weighted by atomic mass is 16.5. The highest BCUT2D eigenvalue weighted by molar-refractivity contribution is 5.75. The number of rotatable bonds is 8. The molecule has 2 heterocycles. The highest BCUT2D eigenvalue weighted by Gasteiger charge is 2.29. The smallest absolute Gasteiger partial charge is 0.333 e. The molecular weight excluding hydrogens is 448 g/mol. The molecule has 0 bridgehead atoms. The first kappa shape index (κ1) is 24.9. The molecule has 2 aromatic heterocycles. The molecule has 0 unspecified atom stereocenters. The summed E-state index contributed by atoms with van der Waals surface area (Å²) < 4.78 is 9.99. The van der Waals surface area contributed by atoms with Crippen LogP contribution in [0.4, 0.5) is 0 Å². The molecule has 0 spiro atoms. The first-order valence-electron chi connectivity index (χ1n) is 12.3. The van der Waals surface area contributed by atoms with Crippen molar-refractivity contribution in [2.75, 3.05) is 6.61 Å². The molecule has 0 radical (unpaired) electrons. The first-order chi connectivity index (χ1) is 16.7. The average molecular weight is 483 g/mol. The maximum atomic E-state index is 13.6. The van der Waals surface area contributed by atoms with Gasteiger partial charge in [-0.1, -0.05) is 43.2 Å². The molecule has 1 aliphatic carbocycles. The van der Waals surface area contributed by atoms with Crippen molar-refractivity contribution in [3.8, 4) is 0 Å². The predicted molar refractivity (Wildman–Crippen MR) is 132 cm³/mol. The minimum atomic E-state index is -0.694. The van der Waals surface area contributed by atoms with Crippen LogP contribution in [0.15, 0.2) is 39.9 Å². The van der Waals surface area contributed by atoms with Gasteiger partial charge in [-0.05, 0) is 45.6 Å². The van der Waals surface area contributed by atoms with Gasteiger partial charge in [-0.3, -0.25) is 23.3 Å². The quantitative estimate of drug-likeness (QED) is 0.495. The third-order valence-corrected chi connectivity index (χ3v) is 6.52. The van der Waals surface area contributed by atoms with E-state index >= 15 is 0 Å². The molecule has 188 valence electrons. The SMILES string of the molecule is CC(C)(C)C(=O)OCn1c(C2CCCC2)nc2c1c(=O)n(CCCO)c(=O)n2Cc1ccccc1. The van der Waals surface area contributed by atoms with E-state index in [-0.39, 0.29) is 50.3 Å². The summed E-state index contributed by atoms with van der Waals surface area (Å²) in [5.41, 5.74) is -0.180. The number of aliphatic hydroxyl groups excluding tert-OH is 1. The largest absolute Gasteiger partial charge is 0.443 e. The van der Waals surface area contributed by atoms with Crippen LogP contribution in [-0.4, -0.2) is 36.4 Å². The number of carbonyl (C=O) groups excluding carboxylic acids is 1. The van der Waals surface area contributed by atoms with Crippen LogP contribution in [0, 0.1) is 5.41 Å².